The lowest BCUT2D eigenvalue weighted by Gasteiger charge is -2.23. The highest BCUT2D eigenvalue weighted by Crippen LogP contribution is 2.37. The molecule has 28 heavy (non-hydrogen) atoms. The predicted molar refractivity (Wildman–Crippen MR) is 109 cm³/mol. The summed E-state index contributed by atoms with van der Waals surface area (Å²) in [5, 5.41) is 9.11. The van der Waals surface area contributed by atoms with Crippen molar-refractivity contribution < 1.29 is 13.2 Å². The van der Waals surface area contributed by atoms with Crippen molar-refractivity contribution in [2.75, 3.05) is 22.7 Å². The van der Waals surface area contributed by atoms with Crippen molar-refractivity contribution in [3.63, 3.8) is 0 Å². The van der Waals surface area contributed by atoms with Crippen molar-refractivity contribution in [3.8, 4) is 6.07 Å². The molecular formula is C20H19N3O3S2. The molecule has 6 nitrogen and oxygen atoms in total. The third-order valence-electron chi connectivity index (χ3n) is 5.22. The molecule has 0 saturated carbocycles. The third kappa shape index (κ3) is 3.36. The van der Waals surface area contributed by atoms with Crippen LogP contribution in [0.4, 0.5) is 10.5 Å². The minimum absolute atomic E-state index is 0.0262. The van der Waals surface area contributed by atoms with E-state index in [0.29, 0.717) is 5.56 Å². The topological polar surface area (TPSA) is 81.5 Å². The number of nitriles is 1. The van der Waals surface area contributed by atoms with Crippen LogP contribution >= 0.6 is 11.8 Å². The molecule has 0 bridgehead atoms. The summed E-state index contributed by atoms with van der Waals surface area (Å²) >= 11 is 1.58. The summed E-state index contributed by atoms with van der Waals surface area (Å²) in [6.07, 6.45) is 1.96. The quantitative estimate of drug-likeness (QED) is 0.569. The van der Waals surface area contributed by atoms with Crippen LogP contribution in [-0.4, -0.2) is 49.2 Å². The maximum Gasteiger partial charge on any atom is 0.325 e. The summed E-state index contributed by atoms with van der Waals surface area (Å²) in [7, 11) is -3.22. The summed E-state index contributed by atoms with van der Waals surface area (Å²) in [5.74, 6) is -0.0539. The van der Waals surface area contributed by atoms with Gasteiger partial charge in [-0.15, -0.1) is 11.8 Å². The van der Waals surface area contributed by atoms with Gasteiger partial charge in [0, 0.05) is 17.1 Å². The summed E-state index contributed by atoms with van der Waals surface area (Å²) < 4.78 is 24.7. The number of fused-ring (bicyclic) bond motifs is 1. The van der Waals surface area contributed by atoms with Gasteiger partial charge in [-0.3, -0.25) is 4.90 Å². The smallest absolute Gasteiger partial charge is 0.314 e. The van der Waals surface area contributed by atoms with E-state index in [1.54, 1.807) is 39.8 Å². The number of hydrogen-bond acceptors (Lipinski definition) is 5. The molecule has 2 atom stereocenters. The number of thioether (sulfide) groups is 1. The van der Waals surface area contributed by atoms with Crippen molar-refractivity contribution in [3.05, 3.63) is 59.7 Å². The number of urea groups is 1. The Labute approximate surface area is 168 Å². The van der Waals surface area contributed by atoms with E-state index in [2.05, 4.69) is 6.07 Å². The number of sulfone groups is 1. The Morgan fingerprint density at radius 3 is 2.64 bits per heavy atom. The average Bonchev–Trinajstić information content (AvgIpc) is 3.12. The van der Waals surface area contributed by atoms with Crippen LogP contribution in [0.15, 0.2) is 53.4 Å². The third-order valence-corrected chi connectivity index (χ3v) is 7.64. The van der Waals surface area contributed by atoms with Crippen molar-refractivity contribution in [2.24, 2.45) is 0 Å². The number of benzene rings is 2. The van der Waals surface area contributed by atoms with Crippen molar-refractivity contribution >= 4 is 33.3 Å². The first kappa shape index (κ1) is 18.8. The molecule has 2 aliphatic heterocycles. The van der Waals surface area contributed by atoms with Gasteiger partial charge in [-0.1, -0.05) is 18.2 Å². The van der Waals surface area contributed by atoms with Crippen LogP contribution < -0.4 is 4.90 Å². The van der Waals surface area contributed by atoms with E-state index in [1.165, 1.54) is 0 Å². The number of carbonyl (C=O) groups excluding carboxylic acids is 1. The molecule has 0 unspecified atom stereocenters. The fourth-order valence-electron chi connectivity index (χ4n) is 3.96. The van der Waals surface area contributed by atoms with Gasteiger partial charge < -0.3 is 4.90 Å². The van der Waals surface area contributed by atoms with E-state index in [-0.39, 0.29) is 30.1 Å². The van der Waals surface area contributed by atoms with Crippen LogP contribution in [0.1, 0.15) is 11.1 Å². The highest BCUT2D eigenvalue weighted by molar-refractivity contribution is 7.98. The lowest BCUT2D eigenvalue weighted by molar-refractivity contribution is 0.206. The summed E-state index contributed by atoms with van der Waals surface area (Å²) in [6.45, 7) is 0.282. The number of amides is 2. The van der Waals surface area contributed by atoms with Crippen LogP contribution in [0.25, 0.3) is 0 Å². The first-order valence-electron chi connectivity index (χ1n) is 8.85. The molecule has 2 amide bonds. The monoisotopic (exact) mass is 413 g/mol. The molecule has 0 N–H and O–H groups in total. The van der Waals surface area contributed by atoms with Gasteiger partial charge in [0.05, 0.1) is 35.2 Å². The van der Waals surface area contributed by atoms with Gasteiger partial charge in [0.1, 0.15) is 0 Å². The maximum atomic E-state index is 13.3. The first-order chi connectivity index (χ1) is 13.4. The summed E-state index contributed by atoms with van der Waals surface area (Å²) in [6, 6.07) is 15.8. The van der Waals surface area contributed by atoms with Gasteiger partial charge in [-0.25, -0.2) is 13.2 Å². The highest BCUT2D eigenvalue weighted by Gasteiger charge is 2.53. The molecule has 2 heterocycles. The van der Waals surface area contributed by atoms with Gasteiger partial charge in [-0.2, -0.15) is 5.26 Å². The van der Waals surface area contributed by atoms with Crippen molar-refractivity contribution in [1.29, 1.82) is 5.26 Å². The van der Waals surface area contributed by atoms with Gasteiger partial charge in [0.2, 0.25) is 0 Å². The second-order valence-electron chi connectivity index (χ2n) is 7.01. The molecule has 0 spiro atoms. The minimum atomic E-state index is -3.22. The lowest BCUT2D eigenvalue weighted by Crippen LogP contribution is -2.37. The summed E-state index contributed by atoms with van der Waals surface area (Å²) in [5.41, 5.74) is 2.05. The van der Waals surface area contributed by atoms with Crippen LogP contribution in [0.5, 0.6) is 0 Å². The SMILES string of the molecule is CSc1cccc(N2C(=O)N(Cc3cccc(C#N)c3)[C@H]3CS(=O)(=O)C[C@@H]32)c1. The molecule has 0 aliphatic carbocycles. The maximum absolute atomic E-state index is 13.3. The molecule has 2 aliphatic rings. The zero-order valence-electron chi connectivity index (χ0n) is 15.3. The lowest BCUT2D eigenvalue weighted by atomic mass is 10.1. The number of nitrogens with zero attached hydrogens (tertiary/aromatic N) is 3. The first-order valence-corrected chi connectivity index (χ1v) is 11.9. The molecule has 144 valence electrons. The molecule has 0 aromatic heterocycles. The Kier molecular flexibility index (Phi) is 4.81. The van der Waals surface area contributed by atoms with Crippen LogP contribution in [0.2, 0.25) is 0 Å². The fraction of sp³-hybridized carbons (Fsp3) is 0.300. The Bertz CT molecular complexity index is 1080. The van der Waals surface area contributed by atoms with Crippen LogP contribution in [0.3, 0.4) is 0 Å². The van der Waals surface area contributed by atoms with Crippen molar-refractivity contribution in [2.45, 2.75) is 23.5 Å². The zero-order chi connectivity index (χ0) is 19.9. The van der Waals surface area contributed by atoms with E-state index < -0.39 is 15.9 Å². The predicted octanol–water partition coefficient (Wildman–Crippen LogP) is 2.89. The second kappa shape index (κ2) is 7.15. The molecule has 2 saturated heterocycles. The summed E-state index contributed by atoms with van der Waals surface area (Å²) in [4.78, 5) is 17.6. The van der Waals surface area contributed by atoms with E-state index in [0.717, 1.165) is 16.1 Å². The Balaban J connectivity index is 1.71. The van der Waals surface area contributed by atoms with E-state index in [1.807, 2.05) is 36.6 Å². The molecule has 2 aromatic rings. The Morgan fingerprint density at radius 2 is 1.89 bits per heavy atom. The largest absolute Gasteiger partial charge is 0.325 e. The van der Waals surface area contributed by atoms with Crippen molar-refractivity contribution in [1.82, 2.24) is 4.90 Å². The molecule has 2 aromatic carbocycles. The number of rotatable bonds is 4. The molecule has 2 fully saturated rings. The fourth-order valence-corrected chi connectivity index (χ4v) is 6.36. The Hall–Kier alpha value is -2.50. The normalized spacial score (nSPS) is 22.9. The van der Waals surface area contributed by atoms with Gasteiger partial charge >= 0.3 is 6.03 Å². The molecule has 4 rings (SSSR count). The van der Waals surface area contributed by atoms with Crippen LogP contribution in [-0.2, 0) is 16.4 Å². The number of hydrogen-bond donors (Lipinski definition) is 0. The second-order valence-corrected chi connectivity index (χ2v) is 10.0. The molecule has 8 heteroatoms. The Morgan fingerprint density at radius 1 is 1.14 bits per heavy atom. The van der Waals surface area contributed by atoms with Crippen LogP contribution in [0, 0.1) is 11.3 Å². The number of carbonyl (C=O) groups is 1. The van der Waals surface area contributed by atoms with Gasteiger partial charge in [0.15, 0.2) is 9.84 Å². The van der Waals surface area contributed by atoms with E-state index in [4.69, 9.17) is 5.26 Å². The molecular weight excluding hydrogens is 394 g/mol. The number of anilines is 1. The van der Waals surface area contributed by atoms with Gasteiger partial charge in [-0.05, 0) is 42.2 Å². The van der Waals surface area contributed by atoms with E-state index >= 15 is 0 Å². The minimum Gasteiger partial charge on any atom is -0.314 e. The van der Waals surface area contributed by atoms with Gasteiger partial charge in [0.25, 0.3) is 0 Å². The molecule has 0 radical (unpaired) electrons. The zero-order valence-corrected chi connectivity index (χ0v) is 16.9. The van der Waals surface area contributed by atoms with E-state index in [9.17, 15) is 13.2 Å². The average molecular weight is 414 g/mol. The standard InChI is InChI=1S/C20H19N3O3S2/c1-27-17-7-3-6-16(9-17)23-19-13-28(25,26)12-18(19)22(20(23)24)11-15-5-2-4-14(8-15)10-21/h2-9,18-19H,11-13H2,1H3/t18-,19-/m0/s1. The highest BCUT2D eigenvalue weighted by atomic mass is 32.2.